The Kier molecular flexibility index (Phi) is 4.64. The number of hydrogen-bond acceptors (Lipinski definition) is 3. The lowest BCUT2D eigenvalue weighted by Crippen LogP contribution is -2.10. The second-order valence-corrected chi connectivity index (χ2v) is 5.58. The van der Waals surface area contributed by atoms with E-state index in [9.17, 15) is 0 Å². The zero-order valence-corrected chi connectivity index (χ0v) is 11.7. The maximum absolute atomic E-state index is 5.95. The number of nitrogens with zero attached hydrogens (tertiary/aromatic N) is 1. The van der Waals surface area contributed by atoms with Crippen LogP contribution in [-0.4, -0.2) is 4.98 Å². The molecule has 1 aromatic carbocycles. The molecule has 0 amide bonds. The van der Waals surface area contributed by atoms with Crippen LogP contribution in [0.3, 0.4) is 0 Å². The Labute approximate surface area is 117 Å². The van der Waals surface area contributed by atoms with E-state index in [1.807, 2.05) is 42.6 Å². The first kappa shape index (κ1) is 13.4. The number of hydrogen-bond donors (Lipinski definition) is 1. The van der Waals surface area contributed by atoms with Crippen LogP contribution in [0.1, 0.15) is 25.1 Å². The fourth-order valence-electron chi connectivity index (χ4n) is 1.55. The molecule has 1 heterocycles. The fourth-order valence-corrected chi connectivity index (χ4v) is 2.65. The van der Waals surface area contributed by atoms with E-state index < -0.39 is 0 Å². The van der Waals surface area contributed by atoms with Crippen molar-refractivity contribution in [1.82, 2.24) is 4.98 Å². The van der Waals surface area contributed by atoms with Crippen LogP contribution < -0.4 is 5.73 Å². The lowest BCUT2D eigenvalue weighted by atomic mass is 10.1. The van der Waals surface area contributed by atoms with Crippen LogP contribution in [0.4, 0.5) is 0 Å². The molecule has 2 N–H and O–H groups in total. The van der Waals surface area contributed by atoms with Crippen molar-refractivity contribution in [3.8, 4) is 0 Å². The normalized spacial score (nSPS) is 12.4. The molecule has 0 radical (unpaired) electrons. The summed E-state index contributed by atoms with van der Waals surface area (Å²) in [5.74, 6) is 0. The molecule has 2 aromatic rings. The van der Waals surface area contributed by atoms with Gasteiger partial charge in [0.1, 0.15) is 0 Å². The van der Waals surface area contributed by atoms with Crippen molar-refractivity contribution < 1.29 is 0 Å². The first-order valence-electron chi connectivity index (χ1n) is 5.84. The van der Waals surface area contributed by atoms with Gasteiger partial charge in [-0.2, -0.15) is 0 Å². The Hall–Kier alpha value is -1.03. The van der Waals surface area contributed by atoms with E-state index in [0.717, 1.165) is 26.9 Å². The van der Waals surface area contributed by atoms with E-state index in [4.69, 9.17) is 17.3 Å². The molecule has 0 fully saturated rings. The van der Waals surface area contributed by atoms with Gasteiger partial charge >= 0.3 is 0 Å². The SMILES string of the molecule is CCC(N)c1ccc(Sc2cccc(Cl)c2)cn1. The Balaban J connectivity index is 2.11. The van der Waals surface area contributed by atoms with Gasteiger partial charge in [0.2, 0.25) is 0 Å². The van der Waals surface area contributed by atoms with Crippen molar-refractivity contribution >= 4 is 23.4 Å². The van der Waals surface area contributed by atoms with Crippen molar-refractivity contribution in [3.05, 3.63) is 53.3 Å². The molecule has 1 unspecified atom stereocenters. The Morgan fingerprint density at radius 3 is 2.72 bits per heavy atom. The van der Waals surface area contributed by atoms with E-state index in [1.54, 1.807) is 11.8 Å². The molecule has 0 spiro atoms. The van der Waals surface area contributed by atoms with Crippen LogP contribution in [0.2, 0.25) is 5.02 Å². The van der Waals surface area contributed by atoms with Crippen LogP contribution in [-0.2, 0) is 0 Å². The van der Waals surface area contributed by atoms with Crippen LogP contribution in [0.15, 0.2) is 52.4 Å². The molecule has 2 rings (SSSR count). The minimum Gasteiger partial charge on any atom is -0.323 e. The van der Waals surface area contributed by atoms with Crippen LogP contribution in [0.25, 0.3) is 0 Å². The van der Waals surface area contributed by atoms with Crippen molar-refractivity contribution in [3.63, 3.8) is 0 Å². The molecule has 1 atom stereocenters. The highest BCUT2D eigenvalue weighted by atomic mass is 35.5. The van der Waals surface area contributed by atoms with E-state index in [2.05, 4.69) is 11.9 Å². The van der Waals surface area contributed by atoms with Gasteiger partial charge in [-0.1, -0.05) is 36.4 Å². The molecule has 0 saturated heterocycles. The summed E-state index contributed by atoms with van der Waals surface area (Å²) in [5.41, 5.74) is 6.87. The molecule has 94 valence electrons. The first-order chi connectivity index (χ1) is 8.69. The summed E-state index contributed by atoms with van der Waals surface area (Å²) in [7, 11) is 0. The van der Waals surface area contributed by atoms with Gasteiger partial charge < -0.3 is 5.73 Å². The summed E-state index contributed by atoms with van der Waals surface area (Å²) in [6.07, 6.45) is 2.75. The third-order valence-electron chi connectivity index (χ3n) is 2.61. The molecule has 0 aliphatic carbocycles. The summed E-state index contributed by atoms with van der Waals surface area (Å²) in [4.78, 5) is 6.58. The second kappa shape index (κ2) is 6.23. The number of rotatable bonds is 4. The predicted octanol–water partition coefficient (Wildman–Crippen LogP) is 4.30. The summed E-state index contributed by atoms with van der Waals surface area (Å²) < 4.78 is 0. The number of halogens is 1. The molecule has 0 aliphatic heterocycles. The average Bonchev–Trinajstić information content (AvgIpc) is 2.39. The number of pyridine rings is 1. The minimum absolute atomic E-state index is 0.0234. The van der Waals surface area contributed by atoms with Crippen molar-refractivity contribution in [2.24, 2.45) is 5.73 Å². The largest absolute Gasteiger partial charge is 0.323 e. The molecule has 0 bridgehead atoms. The summed E-state index contributed by atoms with van der Waals surface area (Å²) in [6, 6.07) is 11.8. The Morgan fingerprint density at radius 2 is 2.11 bits per heavy atom. The molecular weight excluding hydrogens is 264 g/mol. The van der Waals surface area contributed by atoms with Gasteiger partial charge in [-0.3, -0.25) is 4.98 Å². The predicted molar refractivity (Wildman–Crippen MR) is 77.0 cm³/mol. The zero-order chi connectivity index (χ0) is 13.0. The molecule has 0 aliphatic rings. The molecule has 18 heavy (non-hydrogen) atoms. The lowest BCUT2D eigenvalue weighted by Gasteiger charge is -2.08. The second-order valence-electron chi connectivity index (χ2n) is 3.99. The minimum atomic E-state index is 0.0234. The zero-order valence-electron chi connectivity index (χ0n) is 10.1. The van der Waals surface area contributed by atoms with Gasteiger partial charge in [-0.25, -0.2) is 0 Å². The van der Waals surface area contributed by atoms with Gasteiger partial charge in [0, 0.05) is 27.1 Å². The van der Waals surface area contributed by atoms with Crippen molar-refractivity contribution in [1.29, 1.82) is 0 Å². The Morgan fingerprint density at radius 1 is 1.28 bits per heavy atom. The van der Waals surface area contributed by atoms with Crippen molar-refractivity contribution in [2.75, 3.05) is 0 Å². The standard InChI is InChI=1S/C14H15ClN2S/c1-2-13(16)14-7-6-12(9-17-14)18-11-5-3-4-10(15)8-11/h3-9,13H,2,16H2,1H3. The highest BCUT2D eigenvalue weighted by Crippen LogP contribution is 2.29. The smallest absolute Gasteiger partial charge is 0.0571 e. The van der Waals surface area contributed by atoms with Gasteiger partial charge in [0.25, 0.3) is 0 Å². The maximum Gasteiger partial charge on any atom is 0.0571 e. The average molecular weight is 279 g/mol. The van der Waals surface area contributed by atoms with Gasteiger partial charge in [0.15, 0.2) is 0 Å². The summed E-state index contributed by atoms with van der Waals surface area (Å²) >= 11 is 7.59. The van der Waals surface area contributed by atoms with E-state index in [0.29, 0.717) is 0 Å². The topological polar surface area (TPSA) is 38.9 Å². The number of benzene rings is 1. The third kappa shape index (κ3) is 3.48. The third-order valence-corrected chi connectivity index (χ3v) is 3.81. The summed E-state index contributed by atoms with van der Waals surface area (Å²) in [6.45, 7) is 2.06. The Bertz CT molecular complexity index is 513. The summed E-state index contributed by atoms with van der Waals surface area (Å²) in [5, 5.41) is 0.748. The first-order valence-corrected chi connectivity index (χ1v) is 7.03. The highest BCUT2D eigenvalue weighted by Gasteiger charge is 2.05. The highest BCUT2D eigenvalue weighted by molar-refractivity contribution is 7.99. The molecule has 1 aromatic heterocycles. The van der Waals surface area contributed by atoms with E-state index in [1.165, 1.54) is 0 Å². The van der Waals surface area contributed by atoms with Crippen molar-refractivity contribution in [2.45, 2.75) is 29.2 Å². The fraction of sp³-hybridized carbons (Fsp3) is 0.214. The van der Waals surface area contributed by atoms with E-state index in [-0.39, 0.29) is 6.04 Å². The number of nitrogens with two attached hydrogens (primary N) is 1. The molecule has 0 saturated carbocycles. The van der Waals surface area contributed by atoms with Gasteiger partial charge in [0.05, 0.1) is 5.69 Å². The van der Waals surface area contributed by atoms with Crippen LogP contribution in [0, 0.1) is 0 Å². The number of aromatic nitrogens is 1. The van der Waals surface area contributed by atoms with Gasteiger partial charge in [-0.15, -0.1) is 0 Å². The maximum atomic E-state index is 5.95. The lowest BCUT2D eigenvalue weighted by molar-refractivity contribution is 0.674. The molecule has 2 nitrogen and oxygen atoms in total. The molecular formula is C14H15ClN2S. The van der Waals surface area contributed by atoms with Crippen LogP contribution in [0.5, 0.6) is 0 Å². The molecule has 4 heteroatoms. The quantitative estimate of drug-likeness (QED) is 0.906. The van der Waals surface area contributed by atoms with Gasteiger partial charge in [-0.05, 0) is 36.8 Å². The van der Waals surface area contributed by atoms with Crippen LogP contribution >= 0.6 is 23.4 Å². The van der Waals surface area contributed by atoms with E-state index >= 15 is 0 Å². The monoisotopic (exact) mass is 278 g/mol.